The number of nitrogens with zero attached hydrogens (tertiary/aromatic N) is 1. The van der Waals surface area contributed by atoms with Crippen LogP contribution in [0.3, 0.4) is 0 Å². The second-order valence-electron chi connectivity index (χ2n) is 5.93. The molecule has 2 aromatic carbocycles. The van der Waals surface area contributed by atoms with Gasteiger partial charge in [-0.25, -0.2) is 0 Å². The highest BCUT2D eigenvalue weighted by atomic mass is 15.3. The molecule has 2 nitrogen and oxygen atoms in total. The predicted octanol–water partition coefficient (Wildman–Crippen LogP) is 3.39. The van der Waals surface area contributed by atoms with Crippen molar-refractivity contribution in [2.45, 2.75) is 24.9 Å². The lowest BCUT2D eigenvalue weighted by Gasteiger charge is -2.41. The van der Waals surface area contributed by atoms with Gasteiger partial charge in [-0.3, -0.25) is 0 Å². The van der Waals surface area contributed by atoms with E-state index in [1.807, 2.05) is 0 Å². The molecular weight excluding hydrogens is 232 g/mol. The third kappa shape index (κ3) is 1.31. The largest absolute Gasteiger partial charge is 0.364 e. The maximum atomic E-state index is 3.72. The van der Waals surface area contributed by atoms with Crippen LogP contribution in [0, 0.1) is 0 Å². The van der Waals surface area contributed by atoms with Crippen molar-refractivity contribution in [3.05, 3.63) is 59.7 Å². The van der Waals surface area contributed by atoms with Gasteiger partial charge in [-0.1, -0.05) is 43.3 Å². The van der Waals surface area contributed by atoms with Gasteiger partial charge < -0.3 is 10.2 Å². The van der Waals surface area contributed by atoms with Crippen molar-refractivity contribution in [3.63, 3.8) is 0 Å². The van der Waals surface area contributed by atoms with Gasteiger partial charge in [0.1, 0.15) is 6.17 Å². The lowest BCUT2D eigenvalue weighted by atomic mass is 9.74. The van der Waals surface area contributed by atoms with Crippen LogP contribution in [0.5, 0.6) is 0 Å². The van der Waals surface area contributed by atoms with E-state index < -0.39 is 0 Å². The minimum atomic E-state index is 0.152. The lowest BCUT2D eigenvalue weighted by Crippen LogP contribution is -2.50. The van der Waals surface area contributed by atoms with Crippen LogP contribution in [0.25, 0.3) is 0 Å². The summed E-state index contributed by atoms with van der Waals surface area (Å²) in [4.78, 5) is 2.38. The van der Waals surface area contributed by atoms with Gasteiger partial charge in [0.15, 0.2) is 0 Å². The number of rotatable bonds is 0. The summed E-state index contributed by atoms with van der Waals surface area (Å²) in [6, 6.07) is 17.5. The molecule has 2 aliphatic heterocycles. The molecule has 0 aromatic heterocycles. The zero-order chi connectivity index (χ0) is 13.0. The molecular formula is C17H18N2. The summed E-state index contributed by atoms with van der Waals surface area (Å²) in [6.07, 6.45) is 1.45. The first-order valence-electron chi connectivity index (χ1n) is 6.87. The second kappa shape index (κ2) is 3.53. The summed E-state index contributed by atoms with van der Waals surface area (Å²) >= 11 is 0. The van der Waals surface area contributed by atoms with Crippen LogP contribution in [0.4, 0.5) is 11.4 Å². The molecule has 96 valence electrons. The van der Waals surface area contributed by atoms with Gasteiger partial charge in [-0.05, 0) is 29.7 Å². The summed E-state index contributed by atoms with van der Waals surface area (Å²) in [5.74, 6) is 0. The van der Waals surface area contributed by atoms with E-state index in [4.69, 9.17) is 0 Å². The molecule has 2 aromatic rings. The number of hydrogen-bond acceptors (Lipinski definition) is 2. The maximum absolute atomic E-state index is 3.72. The fraction of sp³-hybridized carbons (Fsp3) is 0.294. The van der Waals surface area contributed by atoms with Gasteiger partial charge in [0.2, 0.25) is 0 Å². The summed E-state index contributed by atoms with van der Waals surface area (Å²) in [5, 5.41) is 3.72. The second-order valence-corrected chi connectivity index (χ2v) is 5.93. The maximum Gasteiger partial charge on any atom is 0.109 e. The highest BCUT2D eigenvalue weighted by Gasteiger charge is 2.48. The molecule has 19 heavy (non-hydrogen) atoms. The molecule has 0 spiro atoms. The average Bonchev–Trinajstić information content (AvgIpc) is 2.66. The Hall–Kier alpha value is -1.96. The molecule has 1 N–H and O–H groups in total. The smallest absolute Gasteiger partial charge is 0.109 e. The Bertz CT molecular complexity index is 649. The number of hydrogen-bond donors (Lipinski definition) is 1. The summed E-state index contributed by atoms with van der Waals surface area (Å²) in [7, 11) is 2.19. The summed E-state index contributed by atoms with van der Waals surface area (Å²) in [6.45, 7) is 2.38. The van der Waals surface area contributed by atoms with Crippen LogP contribution in [-0.4, -0.2) is 13.2 Å². The van der Waals surface area contributed by atoms with Crippen molar-refractivity contribution in [3.8, 4) is 0 Å². The van der Waals surface area contributed by atoms with E-state index in [0.29, 0.717) is 6.17 Å². The fourth-order valence-electron chi connectivity index (χ4n) is 3.78. The highest BCUT2D eigenvalue weighted by molar-refractivity contribution is 5.70. The van der Waals surface area contributed by atoms with E-state index in [1.54, 1.807) is 0 Å². The third-order valence-electron chi connectivity index (χ3n) is 4.76. The minimum absolute atomic E-state index is 0.152. The number of para-hydroxylation sites is 2. The van der Waals surface area contributed by atoms with Crippen LogP contribution >= 0.6 is 0 Å². The summed E-state index contributed by atoms with van der Waals surface area (Å²) in [5.41, 5.74) is 5.68. The van der Waals surface area contributed by atoms with Gasteiger partial charge in [0.25, 0.3) is 0 Å². The first kappa shape index (κ1) is 10.9. The van der Waals surface area contributed by atoms with Crippen molar-refractivity contribution in [1.82, 2.24) is 0 Å². The molecule has 0 bridgehead atoms. The lowest BCUT2D eigenvalue weighted by molar-refractivity contribution is 0.405. The molecule has 0 radical (unpaired) electrons. The van der Waals surface area contributed by atoms with Crippen molar-refractivity contribution < 1.29 is 0 Å². The van der Waals surface area contributed by atoms with Crippen LogP contribution < -0.4 is 10.2 Å². The fourth-order valence-corrected chi connectivity index (χ4v) is 3.78. The number of benzene rings is 2. The van der Waals surface area contributed by atoms with Crippen LogP contribution in [0.1, 0.15) is 18.1 Å². The van der Waals surface area contributed by atoms with Crippen molar-refractivity contribution in [2.24, 2.45) is 0 Å². The first-order valence-corrected chi connectivity index (χ1v) is 6.87. The van der Waals surface area contributed by atoms with Crippen molar-refractivity contribution in [1.29, 1.82) is 0 Å². The number of fused-ring (bicyclic) bond motifs is 4. The normalized spacial score (nSPS) is 27.3. The first-order chi connectivity index (χ1) is 9.20. The van der Waals surface area contributed by atoms with E-state index >= 15 is 0 Å². The Labute approximate surface area is 114 Å². The standard InChI is InChI=1S/C17H18N2/c1-17-11-12-7-3-5-9-14(12)18-16(17)19(2)15-10-6-4-8-13(15)17/h3-10,16,18H,11H2,1-2H3/t16-,17+/m1/s1. The van der Waals surface area contributed by atoms with Crippen LogP contribution in [0.15, 0.2) is 48.5 Å². The quantitative estimate of drug-likeness (QED) is 0.771. The van der Waals surface area contributed by atoms with E-state index in [9.17, 15) is 0 Å². The molecule has 0 saturated carbocycles. The molecule has 4 rings (SSSR count). The minimum Gasteiger partial charge on any atom is -0.364 e. The van der Waals surface area contributed by atoms with Gasteiger partial charge in [-0.15, -0.1) is 0 Å². The molecule has 0 fully saturated rings. The zero-order valence-electron chi connectivity index (χ0n) is 11.4. The SMILES string of the molecule is CN1c2ccccc2[C@]2(C)Cc3ccccc3N[C@H]12. The molecule has 0 aliphatic carbocycles. The van der Waals surface area contributed by atoms with Gasteiger partial charge in [0.05, 0.1) is 0 Å². The molecule has 2 aliphatic rings. The number of anilines is 2. The Balaban J connectivity index is 1.90. The van der Waals surface area contributed by atoms with Crippen molar-refractivity contribution in [2.75, 3.05) is 17.3 Å². The molecule has 2 heterocycles. The van der Waals surface area contributed by atoms with Crippen molar-refractivity contribution >= 4 is 11.4 Å². The zero-order valence-corrected chi connectivity index (χ0v) is 11.4. The molecule has 2 heteroatoms. The van der Waals surface area contributed by atoms with Gasteiger partial charge in [0, 0.05) is 23.8 Å². The van der Waals surface area contributed by atoms with Crippen LogP contribution in [-0.2, 0) is 11.8 Å². The van der Waals surface area contributed by atoms with E-state index in [1.165, 1.54) is 22.5 Å². The summed E-state index contributed by atoms with van der Waals surface area (Å²) < 4.78 is 0. The van der Waals surface area contributed by atoms with E-state index in [2.05, 4.69) is 72.7 Å². The molecule has 0 saturated heterocycles. The Kier molecular flexibility index (Phi) is 2.03. The Morgan fingerprint density at radius 3 is 2.74 bits per heavy atom. The van der Waals surface area contributed by atoms with E-state index in [-0.39, 0.29) is 5.41 Å². The van der Waals surface area contributed by atoms with Gasteiger partial charge >= 0.3 is 0 Å². The molecule has 0 unspecified atom stereocenters. The average molecular weight is 250 g/mol. The Morgan fingerprint density at radius 2 is 1.84 bits per heavy atom. The predicted molar refractivity (Wildman–Crippen MR) is 79.8 cm³/mol. The van der Waals surface area contributed by atoms with E-state index in [0.717, 1.165) is 6.42 Å². The number of nitrogens with one attached hydrogen (secondary N) is 1. The highest BCUT2D eigenvalue weighted by Crippen LogP contribution is 2.49. The van der Waals surface area contributed by atoms with Gasteiger partial charge in [-0.2, -0.15) is 0 Å². The molecule has 2 atom stereocenters. The van der Waals surface area contributed by atoms with Crippen LogP contribution in [0.2, 0.25) is 0 Å². The Morgan fingerprint density at radius 1 is 1.11 bits per heavy atom. The topological polar surface area (TPSA) is 15.3 Å². The third-order valence-corrected chi connectivity index (χ3v) is 4.76. The monoisotopic (exact) mass is 250 g/mol. The number of likely N-dealkylation sites (N-methyl/N-ethyl adjacent to an activating group) is 1. The molecule has 0 amide bonds.